The Balaban J connectivity index is 3.61. The highest BCUT2D eigenvalue weighted by atomic mass is 16.6. The summed E-state index contributed by atoms with van der Waals surface area (Å²) in [4.78, 5) is 26.4. The van der Waals surface area contributed by atoms with Gasteiger partial charge in [-0.05, 0) is 32.4 Å². The molecule has 0 heterocycles. The number of carbonyl (C=O) groups excluding carboxylic acids is 2. The van der Waals surface area contributed by atoms with E-state index in [1.165, 1.54) is 180 Å². The van der Waals surface area contributed by atoms with E-state index in [4.69, 9.17) is 15.2 Å². The quantitative estimate of drug-likeness (QED) is 0.0536. The molecule has 4 N–H and O–H groups in total. The third-order valence-corrected chi connectivity index (χ3v) is 10.6. The lowest BCUT2D eigenvalue weighted by atomic mass is 10.0. The van der Waals surface area contributed by atoms with Crippen LogP contribution >= 0.6 is 0 Å². The molecule has 0 saturated heterocycles. The minimum absolute atomic E-state index is 0.306. The van der Waals surface area contributed by atoms with Crippen LogP contribution in [0.4, 0.5) is 9.59 Å². The van der Waals surface area contributed by atoms with Gasteiger partial charge in [0.25, 0.3) is 0 Å². The molecular weight excluding hydrogens is 661 g/mol. The van der Waals surface area contributed by atoms with Crippen molar-refractivity contribution in [3.8, 4) is 0 Å². The van der Waals surface area contributed by atoms with Crippen LogP contribution in [0.3, 0.4) is 0 Å². The van der Waals surface area contributed by atoms with Crippen molar-refractivity contribution in [2.75, 3.05) is 52.5 Å². The summed E-state index contributed by atoms with van der Waals surface area (Å²) in [5, 5.41) is 5.77. The first-order valence-electron chi connectivity index (χ1n) is 23.4. The first kappa shape index (κ1) is 51.5. The van der Waals surface area contributed by atoms with Gasteiger partial charge in [0.2, 0.25) is 0 Å². The summed E-state index contributed by atoms with van der Waals surface area (Å²) >= 11 is 0. The number of hydrogen-bond donors (Lipinski definition) is 3. The second kappa shape index (κ2) is 44.9. The zero-order chi connectivity index (χ0) is 38.6. The van der Waals surface area contributed by atoms with Crippen LogP contribution in [-0.4, -0.2) is 69.6 Å². The summed E-state index contributed by atoms with van der Waals surface area (Å²) < 4.78 is 10.8. The zero-order valence-electron chi connectivity index (χ0n) is 35.6. The molecule has 0 fully saturated rings. The van der Waals surface area contributed by atoms with Crippen LogP contribution in [0, 0.1) is 0 Å². The lowest BCUT2D eigenvalue weighted by Gasteiger charge is -2.21. The molecule has 0 aliphatic heterocycles. The van der Waals surface area contributed by atoms with Gasteiger partial charge in [-0.2, -0.15) is 0 Å². The number of unbranched alkanes of at least 4 members (excludes halogenated alkanes) is 30. The van der Waals surface area contributed by atoms with Crippen LogP contribution in [0.5, 0.6) is 0 Å². The van der Waals surface area contributed by atoms with Crippen LogP contribution in [-0.2, 0) is 9.47 Å². The fraction of sp³-hybridized carbons (Fsp3) is 0.956. The number of amides is 2. The number of hydrogen-bond acceptors (Lipinski definition) is 6. The molecule has 0 aromatic carbocycles. The number of nitrogens with two attached hydrogens (primary N) is 1. The Labute approximate surface area is 330 Å². The molecular formula is C45H92N4O4. The monoisotopic (exact) mass is 753 g/mol. The Kier molecular flexibility index (Phi) is 43.6. The third-order valence-electron chi connectivity index (χ3n) is 10.6. The van der Waals surface area contributed by atoms with Gasteiger partial charge < -0.3 is 25.8 Å². The van der Waals surface area contributed by atoms with Crippen LogP contribution in [0.1, 0.15) is 226 Å². The van der Waals surface area contributed by atoms with Crippen molar-refractivity contribution >= 4 is 12.2 Å². The number of rotatable bonds is 43. The van der Waals surface area contributed by atoms with Crippen molar-refractivity contribution in [1.82, 2.24) is 15.5 Å². The Hall–Kier alpha value is -1.54. The molecule has 8 nitrogen and oxygen atoms in total. The van der Waals surface area contributed by atoms with Gasteiger partial charge in [-0.3, -0.25) is 4.90 Å². The van der Waals surface area contributed by atoms with E-state index in [9.17, 15) is 9.59 Å². The fourth-order valence-corrected chi connectivity index (χ4v) is 7.01. The standard InChI is InChI=1S/C45H92N4O4/c1-3-5-7-9-11-13-15-17-19-21-23-25-27-29-31-33-37-47-44(50)52-42-40-49(39-35-36-46)41-43-53-45(51)48-38-34-32-30-28-26-24-22-20-18-16-14-12-10-8-6-4-2/h3-43,46H2,1-2H3,(H,47,50)(H,48,51). The molecule has 8 heteroatoms. The molecule has 0 saturated carbocycles. The van der Waals surface area contributed by atoms with Gasteiger partial charge in [-0.1, -0.05) is 206 Å². The lowest BCUT2D eigenvalue weighted by molar-refractivity contribution is 0.106. The van der Waals surface area contributed by atoms with Crippen molar-refractivity contribution in [1.29, 1.82) is 0 Å². The average Bonchev–Trinajstić information content (AvgIpc) is 3.16. The summed E-state index contributed by atoms with van der Waals surface area (Å²) in [6.07, 6.45) is 43.0. The van der Waals surface area contributed by atoms with Crippen LogP contribution in [0.25, 0.3) is 0 Å². The van der Waals surface area contributed by atoms with Gasteiger partial charge >= 0.3 is 12.2 Å². The normalized spacial score (nSPS) is 11.3. The van der Waals surface area contributed by atoms with E-state index in [1.807, 2.05) is 0 Å². The smallest absolute Gasteiger partial charge is 0.407 e. The van der Waals surface area contributed by atoms with E-state index in [-0.39, 0.29) is 12.2 Å². The van der Waals surface area contributed by atoms with Crippen molar-refractivity contribution in [2.45, 2.75) is 226 Å². The largest absolute Gasteiger partial charge is 0.448 e. The molecule has 53 heavy (non-hydrogen) atoms. The summed E-state index contributed by atoms with van der Waals surface area (Å²) in [5.41, 5.74) is 5.72. The molecule has 2 amide bonds. The SMILES string of the molecule is CCCCCCCCCCCCCCCCCCNC(=O)OCCN(CCCN)CCOC(=O)NCCCCCCCCCCCCCCCCCC. The molecule has 0 aliphatic carbocycles. The Morgan fingerprint density at radius 3 is 0.925 bits per heavy atom. The average molecular weight is 753 g/mol. The number of nitrogens with zero attached hydrogens (tertiary/aromatic N) is 1. The van der Waals surface area contributed by atoms with Crippen molar-refractivity contribution < 1.29 is 19.1 Å². The maximum absolute atomic E-state index is 12.1. The third kappa shape index (κ3) is 43.1. The number of carbonyl (C=O) groups is 2. The predicted octanol–water partition coefficient (Wildman–Crippen LogP) is 12.6. The number of ether oxygens (including phenoxy) is 2. The minimum Gasteiger partial charge on any atom is -0.448 e. The molecule has 0 bridgehead atoms. The Morgan fingerprint density at radius 2 is 0.660 bits per heavy atom. The van der Waals surface area contributed by atoms with Gasteiger partial charge in [-0.25, -0.2) is 9.59 Å². The van der Waals surface area contributed by atoms with Crippen LogP contribution in [0.15, 0.2) is 0 Å². The fourth-order valence-electron chi connectivity index (χ4n) is 7.01. The van der Waals surface area contributed by atoms with E-state index >= 15 is 0 Å². The van der Waals surface area contributed by atoms with Gasteiger partial charge in [0, 0.05) is 26.2 Å². The molecule has 0 aromatic heterocycles. The minimum atomic E-state index is -0.352. The van der Waals surface area contributed by atoms with Crippen molar-refractivity contribution in [3.63, 3.8) is 0 Å². The predicted molar refractivity (Wildman–Crippen MR) is 228 cm³/mol. The second-order valence-corrected chi connectivity index (χ2v) is 15.7. The van der Waals surface area contributed by atoms with E-state index < -0.39 is 0 Å². The van der Waals surface area contributed by atoms with Crippen LogP contribution in [0.2, 0.25) is 0 Å². The summed E-state index contributed by atoms with van der Waals surface area (Å²) in [5.74, 6) is 0. The maximum atomic E-state index is 12.1. The van der Waals surface area contributed by atoms with Crippen LogP contribution < -0.4 is 16.4 Å². The summed E-state index contributed by atoms with van der Waals surface area (Å²) in [7, 11) is 0. The molecule has 0 aromatic rings. The Bertz CT molecular complexity index is 685. The van der Waals surface area contributed by atoms with Crippen molar-refractivity contribution in [3.05, 3.63) is 0 Å². The molecule has 0 rings (SSSR count). The molecule has 0 atom stereocenters. The highest BCUT2D eigenvalue weighted by Crippen LogP contribution is 2.15. The highest BCUT2D eigenvalue weighted by Gasteiger charge is 2.09. The number of nitrogens with one attached hydrogen (secondary N) is 2. The summed E-state index contributed by atoms with van der Waals surface area (Å²) in [6, 6.07) is 0. The number of alkyl carbamates (subject to hydrolysis) is 2. The van der Waals surface area contributed by atoms with Gasteiger partial charge in [0.05, 0.1) is 0 Å². The van der Waals surface area contributed by atoms with Gasteiger partial charge in [-0.15, -0.1) is 0 Å². The molecule has 0 unspecified atom stereocenters. The molecule has 316 valence electrons. The molecule has 0 aliphatic rings. The van der Waals surface area contributed by atoms with E-state index in [0.29, 0.717) is 45.9 Å². The van der Waals surface area contributed by atoms with E-state index in [1.54, 1.807) is 0 Å². The van der Waals surface area contributed by atoms with E-state index in [0.717, 1.165) is 38.6 Å². The van der Waals surface area contributed by atoms with Crippen molar-refractivity contribution in [2.24, 2.45) is 5.73 Å². The molecule has 0 spiro atoms. The first-order chi connectivity index (χ1) is 26.1. The van der Waals surface area contributed by atoms with Gasteiger partial charge in [0.1, 0.15) is 13.2 Å². The summed E-state index contributed by atoms with van der Waals surface area (Å²) in [6.45, 7) is 9.07. The van der Waals surface area contributed by atoms with Gasteiger partial charge in [0.15, 0.2) is 0 Å². The first-order valence-corrected chi connectivity index (χ1v) is 23.4. The maximum Gasteiger partial charge on any atom is 0.407 e. The zero-order valence-corrected chi connectivity index (χ0v) is 35.6. The molecule has 0 radical (unpaired) electrons. The Morgan fingerprint density at radius 1 is 0.396 bits per heavy atom. The topological polar surface area (TPSA) is 106 Å². The second-order valence-electron chi connectivity index (χ2n) is 15.7. The van der Waals surface area contributed by atoms with E-state index in [2.05, 4.69) is 29.4 Å². The lowest BCUT2D eigenvalue weighted by Crippen LogP contribution is -2.36. The highest BCUT2D eigenvalue weighted by molar-refractivity contribution is 5.67.